The third kappa shape index (κ3) is 8.31. The van der Waals surface area contributed by atoms with E-state index in [0.717, 1.165) is 19.3 Å². The van der Waals surface area contributed by atoms with Gasteiger partial charge in [0.2, 0.25) is 5.90 Å². The standard InChI is InChI=1S/C32H37N9O4/c1-2-3-8-18-35-39-31(43)32(21-24-10-5-7-13-28(24)38-41-34)29(27-12-6-4-11-25(27)22-36-40-33)45-30(37-32)23-14-16-26(17-15-23)44-20-9-19-42/h4-7,10-17,29,35,42H,2-3,8-9,18-22H2,1H3,(H,39,43)/t29-,32-/m0/s1. The molecule has 0 aromatic heterocycles. The molecule has 0 spiro atoms. The van der Waals surface area contributed by atoms with E-state index in [9.17, 15) is 10.3 Å². The number of hydrogen-bond acceptors (Lipinski definition) is 8. The Labute approximate surface area is 261 Å². The van der Waals surface area contributed by atoms with Gasteiger partial charge in [-0.3, -0.25) is 10.2 Å². The third-order valence-corrected chi connectivity index (χ3v) is 7.38. The fraction of sp³-hybridized carbons (Fsp3) is 0.375. The average Bonchev–Trinajstić information content (AvgIpc) is 3.45. The molecule has 1 heterocycles. The summed E-state index contributed by atoms with van der Waals surface area (Å²) in [5.41, 5.74) is 25.6. The van der Waals surface area contributed by atoms with Crippen molar-refractivity contribution in [3.63, 3.8) is 0 Å². The highest BCUT2D eigenvalue weighted by Gasteiger charge is 2.54. The van der Waals surface area contributed by atoms with Gasteiger partial charge in [0.05, 0.1) is 13.2 Å². The molecule has 3 aromatic carbocycles. The lowest BCUT2D eigenvalue weighted by Crippen LogP contribution is -2.54. The molecule has 0 unspecified atom stereocenters. The van der Waals surface area contributed by atoms with Crippen molar-refractivity contribution in [2.45, 2.75) is 57.2 Å². The predicted octanol–water partition coefficient (Wildman–Crippen LogP) is 6.51. The highest BCUT2D eigenvalue weighted by molar-refractivity contribution is 6.01. The van der Waals surface area contributed by atoms with Gasteiger partial charge in [0, 0.05) is 47.1 Å². The van der Waals surface area contributed by atoms with E-state index in [1.165, 1.54) is 0 Å². The van der Waals surface area contributed by atoms with Crippen LogP contribution in [0.1, 0.15) is 61.0 Å². The van der Waals surface area contributed by atoms with Crippen molar-refractivity contribution in [1.29, 1.82) is 0 Å². The first-order valence-electron chi connectivity index (χ1n) is 14.9. The summed E-state index contributed by atoms with van der Waals surface area (Å²) in [6.45, 7) is 3.12. The van der Waals surface area contributed by atoms with E-state index < -0.39 is 17.6 Å². The summed E-state index contributed by atoms with van der Waals surface area (Å²) >= 11 is 0. The summed E-state index contributed by atoms with van der Waals surface area (Å²) in [7, 11) is 0. The van der Waals surface area contributed by atoms with Crippen molar-refractivity contribution in [3.05, 3.63) is 116 Å². The Bertz CT molecular complexity index is 1570. The lowest BCUT2D eigenvalue weighted by Gasteiger charge is -2.32. The van der Waals surface area contributed by atoms with Gasteiger partial charge in [0.25, 0.3) is 5.91 Å². The van der Waals surface area contributed by atoms with Crippen molar-refractivity contribution in [1.82, 2.24) is 10.9 Å². The van der Waals surface area contributed by atoms with Gasteiger partial charge in [0.1, 0.15) is 5.75 Å². The fourth-order valence-electron chi connectivity index (χ4n) is 5.11. The number of hydrazine groups is 1. The number of nitrogens with one attached hydrogen (secondary N) is 2. The first-order valence-corrected chi connectivity index (χ1v) is 14.9. The number of aliphatic hydroxyl groups excluding tert-OH is 1. The molecule has 3 N–H and O–H groups in total. The minimum atomic E-state index is -1.56. The van der Waals surface area contributed by atoms with E-state index >= 15 is 0 Å². The zero-order chi connectivity index (χ0) is 31.9. The summed E-state index contributed by atoms with van der Waals surface area (Å²) in [5, 5.41) is 16.7. The second kappa shape index (κ2) is 16.7. The Balaban J connectivity index is 1.84. The van der Waals surface area contributed by atoms with Gasteiger partial charge in [-0.1, -0.05) is 78.5 Å². The van der Waals surface area contributed by atoms with Crippen LogP contribution < -0.4 is 15.6 Å². The highest BCUT2D eigenvalue weighted by atomic mass is 16.5. The molecule has 0 saturated heterocycles. The van der Waals surface area contributed by atoms with Crippen LogP contribution in [-0.4, -0.2) is 42.2 Å². The smallest absolute Gasteiger partial charge is 0.266 e. The molecule has 13 heteroatoms. The van der Waals surface area contributed by atoms with Gasteiger partial charge in [-0.25, -0.2) is 10.4 Å². The summed E-state index contributed by atoms with van der Waals surface area (Å²) in [5.74, 6) is 0.422. The Morgan fingerprint density at radius 2 is 1.78 bits per heavy atom. The van der Waals surface area contributed by atoms with Gasteiger partial charge < -0.3 is 14.6 Å². The summed E-state index contributed by atoms with van der Waals surface area (Å²) in [6.07, 6.45) is 2.53. The van der Waals surface area contributed by atoms with Gasteiger partial charge in [-0.05, 0) is 58.4 Å². The molecule has 0 saturated carbocycles. The van der Waals surface area contributed by atoms with Gasteiger partial charge in [0.15, 0.2) is 11.6 Å². The molecule has 1 aliphatic rings. The van der Waals surface area contributed by atoms with Gasteiger partial charge in [-0.15, -0.1) is 0 Å². The zero-order valence-electron chi connectivity index (χ0n) is 25.2. The molecule has 0 radical (unpaired) electrons. The number of amides is 1. The van der Waals surface area contributed by atoms with Crippen molar-refractivity contribution < 1.29 is 19.4 Å². The Morgan fingerprint density at radius 1 is 1.02 bits per heavy atom. The molecule has 0 bridgehead atoms. The van der Waals surface area contributed by atoms with E-state index in [-0.39, 0.29) is 25.5 Å². The number of carbonyl (C=O) groups is 1. The second-order valence-electron chi connectivity index (χ2n) is 10.5. The minimum absolute atomic E-state index is 0.0334. The quantitative estimate of drug-likeness (QED) is 0.0514. The Morgan fingerprint density at radius 3 is 2.51 bits per heavy atom. The first kappa shape index (κ1) is 32.8. The minimum Gasteiger partial charge on any atom is -0.494 e. The highest BCUT2D eigenvalue weighted by Crippen LogP contribution is 2.44. The maximum atomic E-state index is 14.4. The largest absolute Gasteiger partial charge is 0.494 e. The topological polar surface area (TPSA) is 190 Å². The van der Waals surface area contributed by atoms with Crippen LogP contribution in [0.4, 0.5) is 5.69 Å². The number of nitrogens with zero attached hydrogens (tertiary/aromatic N) is 7. The van der Waals surface area contributed by atoms with Crippen LogP contribution in [-0.2, 0) is 22.5 Å². The number of unbranched alkanes of at least 4 members (excludes halogenated alkanes) is 2. The predicted molar refractivity (Wildman–Crippen MR) is 171 cm³/mol. The van der Waals surface area contributed by atoms with Crippen LogP contribution in [0, 0.1) is 0 Å². The second-order valence-corrected chi connectivity index (χ2v) is 10.5. The molecule has 45 heavy (non-hydrogen) atoms. The Kier molecular flexibility index (Phi) is 12.2. The maximum Gasteiger partial charge on any atom is 0.266 e. The Hall–Kier alpha value is -5.06. The molecule has 0 aliphatic carbocycles. The number of azide groups is 2. The van der Waals surface area contributed by atoms with Crippen LogP contribution in [0.25, 0.3) is 20.9 Å². The molecule has 0 fully saturated rings. The van der Waals surface area contributed by atoms with Crippen LogP contribution in [0.3, 0.4) is 0 Å². The van der Waals surface area contributed by atoms with Gasteiger partial charge >= 0.3 is 0 Å². The SMILES string of the molecule is CCCCCNNC(=O)[C@@]1(Cc2ccccc2N=[N+]=[N-])N=C(c2ccc(OCCCO)cc2)O[C@H]1c1ccccc1CN=[N+]=[N-]. The van der Waals surface area contributed by atoms with Crippen LogP contribution in [0.2, 0.25) is 0 Å². The van der Waals surface area contributed by atoms with Crippen molar-refractivity contribution in [3.8, 4) is 5.75 Å². The number of hydrogen-bond donors (Lipinski definition) is 3. The number of rotatable bonds is 17. The lowest BCUT2D eigenvalue weighted by atomic mass is 9.80. The molecule has 1 aliphatic heterocycles. The molecule has 13 nitrogen and oxygen atoms in total. The van der Waals surface area contributed by atoms with Crippen molar-refractivity contribution in [2.24, 2.45) is 15.2 Å². The number of aliphatic imine (C=N–C) groups is 1. The van der Waals surface area contributed by atoms with Crippen molar-refractivity contribution >= 4 is 17.5 Å². The summed E-state index contributed by atoms with van der Waals surface area (Å²) in [6, 6.07) is 21.5. The van der Waals surface area contributed by atoms with E-state index in [1.807, 2.05) is 24.3 Å². The van der Waals surface area contributed by atoms with E-state index in [2.05, 4.69) is 37.8 Å². The van der Waals surface area contributed by atoms with Gasteiger partial charge in [-0.2, -0.15) is 0 Å². The molecule has 2 atom stereocenters. The van der Waals surface area contributed by atoms with Crippen LogP contribution >= 0.6 is 0 Å². The third-order valence-electron chi connectivity index (χ3n) is 7.38. The number of aliphatic hydroxyl groups is 1. The molecule has 4 rings (SSSR count). The number of carbonyl (C=O) groups excluding carboxylic acids is 1. The molecule has 3 aromatic rings. The summed E-state index contributed by atoms with van der Waals surface area (Å²) in [4.78, 5) is 25.3. The zero-order valence-corrected chi connectivity index (χ0v) is 25.2. The number of ether oxygens (including phenoxy) is 2. The number of benzene rings is 3. The molecule has 1 amide bonds. The fourth-order valence-corrected chi connectivity index (χ4v) is 5.11. The molecular weight excluding hydrogens is 574 g/mol. The first-order chi connectivity index (χ1) is 22.1. The monoisotopic (exact) mass is 611 g/mol. The normalized spacial score (nSPS) is 16.9. The molecule has 234 valence electrons. The van der Waals surface area contributed by atoms with E-state index in [1.54, 1.807) is 48.5 Å². The van der Waals surface area contributed by atoms with Crippen LogP contribution in [0.15, 0.2) is 88.0 Å². The van der Waals surface area contributed by atoms with E-state index in [4.69, 9.17) is 25.1 Å². The lowest BCUT2D eigenvalue weighted by molar-refractivity contribution is -0.130. The summed E-state index contributed by atoms with van der Waals surface area (Å²) < 4.78 is 12.3. The van der Waals surface area contributed by atoms with Crippen molar-refractivity contribution in [2.75, 3.05) is 19.8 Å². The van der Waals surface area contributed by atoms with E-state index in [0.29, 0.717) is 53.3 Å². The maximum absolute atomic E-state index is 14.4. The average molecular weight is 612 g/mol. The van der Waals surface area contributed by atoms with Crippen LogP contribution in [0.5, 0.6) is 5.75 Å². The molecular formula is C32H37N9O4.